The van der Waals surface area contributed by atoms with Crippen molar-refractivity contribution in [3.63, 3.8) is 0 Å². The molecule has 0 saturated heterocycles. The highest BCUT2D eigenvalue weighted by Gasteiger charge is 2.15. The summed E-state index contributed by atoms with van der Waals surface area (Å²) in [7, 11) is 1.39. The zero-order valence-electron chi connectivity index (χ0n) is 11.3. The molecule has 0 N–H and O–H groups in total. The van der Waals surface area contributed by atoms with Crippen LogP contribution in [0.3, 0.4) is 0 Å². The maximum atomic E-state index is 11.4. The van der Waals surface area contributed by atoms with E-state index in [0.717, 1.165) is 24.2 Å². The van der Waals surface area contributed by atoms with Crippen LogP contribution >= 0.6 is 0 Å². The molecule has 0 fully saturated rings. The first kappa shape index (κ1) is 12.6. The molecule has 1 heterocycles. The number of aliphatic imine (C=N–C) groups is 1. The normalized spacial score (nSPS) is 13.3. The number of benzene rings is 2. The van der Waals surface area contributed by atoms with Gasteiger partial charge in [0, 0.05) is 17.7 Å². The van der Waals surface area contributed by atoms with E-state index in [2.05, 4.69) is 23.2 Å². The van der Waals surface area contributed by atoms with Crippen LogP contribution in [0.4, 0.5) is 0 Å². The van der Waals surface area contributed by atoms with Gasteiger partial charge in [-0.15, -0.1) is 0 Å². The van der Waals surface area contributed by atoms with Crippen LogP contribution in [0, 0.1) is 0 Å². The van der Waals surface area contributed by atoms with E-state index in [1.807, 2.05) is 18.2 Å². The Morgan fingerprint density at radius 2 is 1.85 bits per heavy atom. The molecule has 0 spiro atoms. The highest BCUT2D eigenvalue weighted by molar-refractivity contribution is 6.14. The fraction of sp³-hybridized carbons (Fsp3) is 0.176. The molecule has 3 heteroatoms. The lowest BCUT2D eigenvalue weighted by molar-refractivity contribution is 0.0601. The van der Waals surface area contributed by atoms with Gasteiger partial charge in [0.15, 0.2) is 0 Å². The molecule has 1 aliphatic heterocycles. The fourth-order valence-electron chi connectivity index (χ4n) is 2.47. The summed E-state index contributed by atoms with van der Waals surface area (Å²) in [5, 5.41) is 0. The minimum atomic E-state index is -0.317. The fourth-order valence-corrected chi connectivity index (χ4v) is 2.47. The van der Waals surface area contributed by atoms with Crippen molar-refractivity contribution in [1.82, 2.24) is 0 Å². The van der Waals surface area contributed by atoms with Crippen molar-refractivity contribution in [3.8, 4) is 0 Å². The number of carbonyl (C=O) groups excluding carboxylic acids is 1. The van der Waals surface area contributed by atoms with Crippen molar-refractivity contribution >= 4 is 11.7 Å². The van der Waals surface area contributed by atoms with Crippen molar-refractivity contribution in [1.29, 1.82) is 0 Å². The second-order valence-corrected chi connectivity index (χ2v) is 4.71. The van der Waals surface area contributed by atoms with Crippen LogP contribution in [0.5, 0.6) is 0 Å². The zero-order valence-corrected chi connectivity index (χ0v) is 11.3. The van der Waals surface area contributed by atoms with Gasteiger partial charge in [-0.2, -0.15) is 0 Å². The molecule has 0 bridgehead atoms. The van der Waals surface area contributed by atoms with Gasteiger partial charge in [0.1, 0.15) is 0 Å². The number of carbonyl (C=O) groups is 1. The molecule has 0 atom stereocenters. The molecule has 20 heavy (non-hydrogen) atoms. The van der Waals surface area contributed by atoms with Crippen molar-refractivity contribution in [2.24, 2.45) is 4.99 Å². The summed E-state index contributed by atoms with van der Waals surface area (Å²) in [4.78, 5) is 16.1. The number of ether oxygens (including phenoxy) is 1. The lowest BCUT2D eigenvalue weighted by Gasteiger charge is -2.17. The molecule has 0 saturated carbocycles. The minimum absolute atomic E-state index is 0.317. The molecule has 0 amide bonds. The van der Waals surface area contributed by atoms with Gasteiger partial charge < -0.3 is 4.74 Å². The Kier molecular flexibility index (Phi) is 3.33. The first-order chi connectivity index (χ1) is 9.79. The van der Waals surface area contributed by atoms with Gasteiger partial charge in [0.25, 0.3) is 0 Å². The summed E-state index contributed by atoms with van der Waals surface area (Å²) in [5.74, 6) is -0.317. The van der Waals surface area contributed by atoms with Crippen LogP contribution in [0.15, 0.2) is 53.5 Å². The second kappa shape index (κ2) is 5.29. The maximum absolute atomic E-state index is 11.4. The molecule has 1 aliphatic rings. The Hall–Kier alpha value is -2.42. The number of hydrogen-bond donors (Lipinski definition) is 0. The van der Waals surface area contributed by atoms with Gasteiger partial charge in [0.2, 0.25) is 0 Å². The van der Waals surface area contributed by atoms with E-state index in [4.69, 9.17) is 4.74 Å². The summed E-state index contributed by atoms with van der Waals surface area (Å²) in [6, 6.07) is 15.7. The van der Waals surface area contributed by atoms with Gasteiger partial charge in [-0.3, -0.25) is 4.99 Å². The molecule has 0 unspecified atom stereocenters. The molecular formula is C17H15NO2. The molecule has 3 nitrogen and oxygen atoms in total. The quantitative estimate of drug-likeness (QED) is 0.783. The number of fused-ring (bicyclic) bond motifs is 1. The Bertz CT molecular complexity index is 672. The van der Waals surface area contributed by atoms with Crippen LogP contribution in [-0.4, -0.2) is 25.3 Å². The molecule has 0 aliphatic carbocycles. The number of hydrogen-bond acceptors (Lipinski definition) is 3. The van der Waals surface area contributed by atoms with Crippen LogP contribution in [0.2, 0.25) is 0 Å². The number of rotatable bonds is 2. The van der Waals surface area contributed by atoms with Crippen LogP contribution < -0.4 is 0 Å². The van der Waals surface area contributed by atoms with Gasteiger partial charge in [-0.25, -0.2) is 4.79 Å². The largest absolute Gasteiger partial charge is 0.465 e. The number of methoxy groups -OCH3 is 1. The maximum Gasteiger partial charge on any atom is 0.337 e. The SMILES string of the molecule is COC(=O)c1ccc(C2=NCCc3ccccc32)cc1. The predicted octanol–water partition coefficient (Wildman–Crippen LogP) is 2.87. The summed E-state index contributed by atoms with van der Waals surface area (Å²) in [5.41, 5.74) is 5.10. The van der Waals surface area contributed by atoms with Crippen molar-refractivity contribution in [3.05, 3.63) is 70.8 Å². The summed E-state index contributed by atoms with van der Waals surface area (Å²) in [6.45, 7) is 0.811. The molecule has 2 aromatic carbocycles. The van der Waals surface area contributed by atoms with E-state index >= 15 is 0 Å². The first-order valence-corrected chi connectivity index (χ1v) is 6.61. The van der Waals surface area contributed by atoms with Gasteiger partial charge in [-0.05, 0) is 24.1 Å². The third-order valence-electron chi connectivity index (χ3n) is 3.50. The van der Waals surface area contributed by atoms with E-state index in [1.165, 1.54) is 18.2 Å². The van der Waals surface area contributed by atoms with E-state index in [0.29, 0.717) is 5.56 Å². The molecule has 0 aromatic heterocycles. The molecule has 3 rings (SSSR count). The van der Waals surface area contributed by atoms with Gasteiger partial charge in [0.05, 0.1) is 18.4 Å². The summed E-state index contributed by atoms with van der Waals surface area (Å²) < 4.78 is 4.71. The number of esters is 1. The average Bonchev–Trinajstić information content (AvgIpc) is 2.54. The van der Waals surface area contributed by atoms with Crippen LogP contribution in [0.1, 0.15) is 27.0 Å². The molecule has 2 aromatic rings. The third-order valence-corrected chi connectivity index (χ3v) is 3.50. The third kappa shape index (κ3) is 2.23. The van der Waals surface area contributed by atoms with Crippen LogP contribution in [0.25, 0.3) is 0 Å². The standard InChI is InChI=1S/C17H15NO2/c1-20-17(19)14-8-6-13(7-9-14)16-15-5-3-2-4-12(15)10-11-18-16/h2-9H,10-11H2,1H3. The highest BCUT2D eigenvalue weighted by Crippen LogP contribution is 2.20. The van der Waals surface area contributed by atoms with Gasteiger partial charge >= 0.3 is 5.97 Å². The van der Waals surface area contributed by atoms with E-state index < -0.39 is 0 Å². The topological polar surface area (TPSA) is 38.7 Å². The molecule has 0 radical (unpaired) electrons. The molecule has 100 valence electrons. The smallest absolute Gasteiger partial charge is 0.337 e. The van der Waals surface area contributed by atoms with Gasteiger partial charge in [-0.1, -0.05) is 36.4 Å². The first-order valence-electron chi connectivity index (χ1n) is 6.61. The predicted molar refractivity (Wildman–Crippen MR) is 78.4 cm³/mol. The highest BCUT2D eigenvalue weighted by atomic mass is 16.5. The Morgan fingerprint density at radius 3 is 2.60 bits per heavy atom. The minimum Gasteiger partial charge on any atom is -0.465 e. The zero-order chi connectivity index (χ0) is 13.9. The summed E-state index contributed by atoms with van der Waals surface area (Å²) >= 11 is 0. The Morgan fingerprint density at radius 1 is 1.10 bits per heavy atom. The monoisotopic (exact) mass is 265 g/mol. The van der Waals surface area contributed by atoms with E-state index in [9.17, 15) is 4.79 Å². The summed E-state index contributed by atoms with van der Waals surface area (Å²) in [6.07, 6.45) is 0.986. The van der Waals surface area contributed by atoms with Crippen molar-refractivity contribution in [2.75, 3.05) is 13.7 Å². The van der Waals surface area contributed by atoms with E-state index in [1.54, 1.807) is 12.1 Å². The van der Waals surface area contributed by atoms with E-state index in [-0.39, 0.29) is 5.97 Å². The lowest BCUT2D eigenvalue weighted by atomic mass is 9.93. The lowest BCUT2D eigenvalue weighted by Crippen LogP contribution is -2.14. The Balaban J connectivity index is 1.97. The Labute approximate surface area is 117 Å². The molecular weight excluding hydrogens is 250 g/mol. The number of nitrogens with zero attached hydrogens (tertiary/aromatic N) is 1. The van der Waals surface area contributed by atoms with Crippen molar-refractivity contribution < 1.29 is 9.53 Å². The average molecular weight is 265 g/mol. The van der Waals surface area contributed by atoms with Crippen molar-refractivity contribution in [2.45, 2.75) is 6.42 Å². The second-order valence-electron chi connectivity index (χ2n) is 4.71. The van der Waals surface area contributed by atoms with Crippen LogP contribution in [-0.2, 0) is 11.2 Å².